The van der Waals surface area contributed by atoms with Crippen molar-refractivity contribution in [2.75, 3.05) is 13.7 Å². The number of carbonyl (C=O) groups is 2. The van der Waals surface area contributed by atoms with Gasteiger partial charge in [-0.3, -0.25) is 9.48 Å². The second kappa shape index (κ2) is 7.79. The summed E-state index contributed by atoms with van der Waals surface area (Å²) < 4.78 is 6.31. The molecule has 0 aliphatic carbocycles. The number of esters is 1. The Morgan fingerprint density at radius 1 is 1.37 bits per heavy atom. The van der Waals surface area contributed by atoms with Crippen LogP contribution in [0.3, 0.4) is 0 Å². The van der Waals surface area contributed by atoms with Crippen LogP contribution in [0, 0.1) is 0 Å². The molecule has 8 nitrogen and oxygen atoms in total. The molecule has 1 aromatic heterocycles. The van der Waals surface area contributed by atoms with E-state index in [0.29, 0.717) is 12.1 Å². The minimum absolute atomic E-state index is 0.119. The molecule has 1 unspecified atom stereocenters. The number of ether oxygens (including phenoxy) is 1. The minimum atomic E-state index is -1.24. The normalized spacial score (nSPS) is 18.6. The summed E-state index contributed by atoms with van der Waals surface area (Å²) in [5, 5.41) is 10.9. The molecule has 1 aliphatic heterocycles. The van der Waals surface area contributed by atoms with Crippen LogP contribution in [-0.4, -0.2) is 46.6 Å². The molecule has 9 heteroatoms. The molecule has 2 aromatic rings. The summed E-state index contributed by atoms with van der Waals surface area (Å²) in [4.78, 5) is 30.2. The Morgan fingerprint density at radius 3 is 2.74 bits per heavy atom. The highest BCUT2D eigenvalue weighted by Gasteiger charge is 2.47. The maximum absolute atomic E-state index is 12.4. The van der Waals surface area contributed by atoms with Crippen molar-refractivity contribution in [3.05, 3.63) is 52.8 Å². The Kier molecular flexibility index (Phi) is 5.46. The second-order valence-corrected chi connectivity index (χ2v) is 6.63. The molecule has 1 aliphatic rings. The lowest BCUT2D eigenvalue weighted by Crippen LogP contribution is -2.43. The molecule has 1 aromatic carbocycles. The smallest absolute Gasteiger partial charge is 0.353 e. The lowest BCUT2D eigenvalue weighted by atomic mass is 9.89. The van der Waals surface area contributed by atoms with E-state index in [4.69, 9.17) is 21.2 Å². The van der Waals surface area contributed by atoms with Gasteiger partial charge in [0, 0.05) is 19.9 Å². The Bertz CT molecular complexity index is 861. The van der Waals surface area contributed by atoms with Gasteiger partial charge in [0.25, 0.3) is 5.91 Å². The van der Waals surface area contributed by atoms with Gasteiger partial charge in [0.1, 0.15) is 5.69 Å². The quantitative estimate of drug-likeness (QED) is 0.758. The van der Waals surface area contributed by atoms with E-state index in [2.05, 4.69) is 15.6 Å². The van der Waals surface area contributed by atoms with Crippen molar-refractivity contribution in [1.82, 2.24) is 15.1 Å². The summed E-state index contributed by atoms with van der Waals surface area (Å²) in [5.74, 6) is -0.896. The largest absolute Gasteiger partial charge is 0.466 e. The number of nitrogens with one attached hydrogen (secondary N) is 1. The highest BCUT2D eigenvalue weighted by atomic mass is 35.5. The Hall–Kier alpha value is -2.87. The number of oxime groups is 1. The monoisotopic (exact) mass is 390 g/mol. The van der Waals surface area contributed by atoms with Crippen LogP contribution in [-0.2, 0) is 27.8 Å². The van der Waals surface area contributed by atoms with E-state index in [1.807, 2.05) is 30.3 Å². The van der Waals surface area contributed by atoms with Gasteiger partial charge in [-0.1, -0.05) is 47.1 Å². The third-order valence-electron chi connectivity index (χ3n) is 4.29. The first-order chi connectivity index (χ1) is 12.9. The molecule has 3 rings (SSSR count). The molecule has 1 amide bonds. The standard InChI is InChI=1S/C18H19ClN4O4/c1-23-15(14(19)11-21-23)16(24)20-10-13-9-18(27-22-13,17(25)26-2)8-12-6-4-3-5-7-12/h3-7,11H,8-10H2,1-2H3,(H,20,24). The lowest BCUT2D eigenvalue weighted by molar-refractivity contribution is -0.166. The fourth-order valence-corrected chi connectivity index (χ4v) is 3.21. The van der Waals surface area contributed by atoms with Gasteiger partial charge in [-0.2, -0.15) is 5.10 Å². The van der Waals surface area contributed by atoms with Crippen molar-refractivity contribution in [1.29, 1.82) is 0 Å². The molecule has 27 heavy (non-hydrogen) atoms. The molecule has 2 heterocycles. The first-order valence-electron chi connectivity index (χ1n) is 8.27. The molecule has 0 saturated heterocycles. The van der Waals surface area contributed by atoms with E-state index in [-0.39, 0.29) is 29.6 Å². The fourth-order valence-electron chi connectivity index (χ4n) is 2.96. The van der Waals surface area contributed by atoms with Gasteiger partial charge < -0.3 is 14.9 Å². The van der Waals surface area contributed by atoms with Crippen LogP contribution in [0.1, 0.15) is 22.5 Å². The highest BCUT2D eigenvalue weighted by molar-refractivity contribution is 6.33. The molecule has 0 saturated carbocycles. The van der Waals surface area contributed by atoms with Gasteiger partial charge in [0.15, 0.2) is 0 Å². The van der Waals surface area contributed by atoms with Crippen LogP contribution in [0.25, 0.3) is 0 Å². The van der Waals surface area contributed by atoms with Crippen molar-refractivity contribution in [3.63, 3.8) is 0 Å². The van der Waals surface area contributed by atoms with E-state index in [0.717, 1.165) is 5.56 Å². The zero-order valence-corrected chi connectivity index (χ0v) is 15.7. The molecule has 1 atom stereocenters. The summed E-state index contributed by atoms with van der Waals surface area (Å²) in [5.41, 5.74) is 0.466. The number of aryl methyl sites for hydroxylation is 1. The summed E-state index contributed by atoms with van der Waals surface area (Å²) in [7, 11) is 2.93. The average Bonchev–Trinajstić information content (AvgIpc) is 3.24. The van der Waals surface area contributed by atoms with Gasteiger partial charge in [-0.05, 0) is 5.56 Å². The zero-order valence-electron chi connectivity index (χ0n) is 14.9. The van der Waals surface area contributed by atoms with Gasteiger partial charge in [-0.25, -0.2) is 4.79 Å². The third kappa shape index (κ3) is 3.95. The number of hydrogen-bond acceptors (Lipinski definition) is 6. The average molecular weight is 391 g/mol. The molecule has 0 bridgehead atoms. The van der Waals surface area contributed by atoms with Gasteiger partial charge >= 0.3 is 5.97 Å². The maximum Gasteiger partial charge on any atom is 0.353 e. The van der Waals surface area contributed by atoms with Gasteiger partial charge in [0.05, 0.1) is 30.6 Å². The van der Waals surface area contributed by atoms with Crippen molar-refractivity contribution in [3.8, 4) is 0 Å². The van der Waals surface area contributed by atoms with Crippen LogP contribution in [0.15, 0.2) is 41.7 Å². The van der Waals surface area contributed by atoms with Gasteiger partial charge in [-0.15, -0.1) is 0 Å². The fraction of sp³-hybridized carbons (Fsp3) is 0.333. The van der Waals surface area contributed by atoms with E-state index in [1.165, 1.54) is 18.0 Å². The van der Waals surface area contributed by atoms with Crippen LogP contribution >= 0.6 is 11.6 Å². The number of hydrogen-bond donors (Lipinski definition) is 1. The summed E-state index contributed by atoms with van der Waals surface area (Å²) in [6.45, 7) is 0.119. The second-order valence-electron chi connectivity index (χ2n) is 6.22. The number of rotatable bonds is 6. The molecule has 1 N–H and O–H groups in total. The van der Waals surface area contributed by atoms with E-state index < -0.39 is 11.6 Å². The number of benzene rings is 1. The van der Waals surface area contributed by atoms with Gasteiger partial charge in [0.2, 0.25) is 5.60 Å². The number of amides is 1. The van der Waals surface area contributed by atoms with Crippen molar-refractivity contribution in [2.24, 2.45) is 12.2 Å². The maximum atomic E-state index is 12.4. The number of carbonyl (C=O) groups excluding carboxylic acids is 2. The highest BCUT2D eigenvalue weighted by Crippen LogP contribution is 2.29. The molecular formula is C18H19ClN4O4. The van der Waals surface area contributed by atoms with E-state index in [9.17, 15) is 9.59 Å². The van der Waals surface area contributed by atoms with E-state index in [1.54, 1.807) is 7.05 Å². The summed E-state index contributed by atoms with van der Waals surface area (Å²) >= 11 is 5.97. The molecule has 142 valence electrons. The summed E-state index contributed by atoms with van der Waals surface area (Å²) in [6.07, 6.45) is 1.93. The lowest BCUT2D eigenvalue weighted by Gasteiger charge is -2.23. The molecule has 0 spiro atoms. The summed E-state index contributed by atoms with van der Waals surface area (Å²) in [6, 6.07) is 9.46. The number of halogens is 1. The van der Waals surface area contributed by atoms with Crippen molar-refractivity contribution in [2.45, 2.75) is 18.4 Å². The van der Waals surface area contributed by atoms with Crippen LogP contribution in [0.4, 0.5) is 0 Å². The van der Waals surface area contributed by atoms with Crippen LogP contribution in [0.2, 0.25) is 5.02 Å². The number of aromatic nitrogens is 2. The van der Waals surface area contributed by atoms with Crippen LogP contribution < -0.4 is 5.32 Å². The number of nitrogens with zero attached hydrogens (tertiary/aromatic N) is 3. The zero-order chi connectivity index (χ0) is 19.4. The number of methoxy groups -OCH3 is 1. The topological polar surface area (TPSA) is 94.8 Å². The molecular weight excluding hydrogens is 372 g/mol. The third-order valence-corrected chi connectivity index (χ3v) is 4.57. The van der Waals surface area contributed by atoms with Crippen molar-refractivity contribution < 1.29 is 19.2 Å². The Balaban J connectivity index is 1.67. The molecule has 0 radical (unpaired) electrons. The predicted molar refractivity (Wildman–Crippen MR) is 98.6 cm³/mol. The predicted octanol–water partition coefficient (Wildman–Crippen LogP) is 1.73. The Labute approximate surface area is 161 Å². The molecule has 0 fully saturated rings. The Morgan fingerprint density at radius 2 is 2.11 bits per heavy atom. The SMILES string of the molecule is COC(=O)C1(Cc2ccccc2)CC(CNC(=O)c2c(Cl)cnn2C)=NO1. The minimum Gasteiger partial charge on any atom is -0.466 e. The van der Waals surface area contributed by atoms with E-state index >= 15 is 0 Å². The first kappa shape index (κ1) is 18.9. The first-order valence-corrected chi connectivity index (χ1v) is 8.65. The van der Waals surface area contributed by atoms with Crippen LogP contribution in [0.5, 0.6) is 0 Å². The van der Waals surface area contributed by atoms with Crippen molar-refractivity contribution >= 4 is 29.2 Å².